The molecule has 0 fully saturated rings. The molecule has 8 heteroatoms. The van der Waals surface area contributed by atoms with Gasteiger partial charge in [-0.25, -0.2) is 9.59 Å². The Kier molecular flexibility index (Phi) is 5.42. The molecule has 28 heavy (non-hydrogen) atoms. The van der Waals surface area contributed by atoms with Gasteiger partial charge in [-0.1, -0.05) is 36.4 Å². The number of rotatable bonds is 5. The van der Waals surface area contributed by atoms with E-state index in [-0.39, 0.29) is 16.9 Å². The summed E-state index contributed by atoms with van der Waals surface area (Å²) in [5.74, 6) is -2.61. The Balaban J connectivity index is 1.84. The first-order valence-electron chi connectivity index (χ1n) is 8.01. The summed E-state index contributed by atoms with van der Waals surface area (Å²) < 4.78 is 34.5. The lowest BCUT2D eigenvalue weighted by Gasteiger charge is -2.10. The van der Waals surface area contributed by atoms with Gasteiger partial charge in [0.1, 0.15) is 11.5 Å². The average Bonchev–Trinajstić information content (AvgIpc) is 2.70. The number of phenolic OH excluding ortho intramolecular Hbond substituents is 1. The fourth-order valence-electron chi connectivity index (χ4n) is 2.27. The third kappa shape index (κ3) is 4.36. The fraction of sp³-hybridized carbons (Fsp3) is 0. The minimum atomic E-state index is -4.65. The molecular formula is C20H14O7S. The lowest BCUT2D eigenvalue weighted by molar-refractivity contribution is 0.0725. The summed E-state index contributed by atoms with van der Waals surface area (Å²) in [5.41, 5.74) is 0.285. The second-order valence-corrected chi connectivity index (χ2v) is 7.09. The molecule has 0 spiro atoms. The smallest absolute Gasteiger partial charge is 0.354 e. The number of phenols is 1. The van der Waals surface area contributed by atoms with E-state index >= 15 is 0 Å². The molecule has 0 saturated heterocycles. The van der Waals surface area contributed by atoms with E-state index < -0.39 is 32.7 Å². The largest absolute Gasteiger partial charge is 0.506 e. The predicted molar refractivity (Wildman–Crippen MR) is 98.6 cm³/mol. The third-order valence-electron chi connectivity index (χ3n) is 3.62. The lowest BCUT2D eigenvalue weighted by atomic mass is 10.2. The zero-order valence-corrected chi connectivity index (χ0v) is 15.1. The minimum absolute atomic E-state index is 0.0252. The minimum Gasteiger partial charge on any atom is -0.506 e. The molecule has 142 valence electrons. The van der Waals surface area contributed by atoms with Crippen LogP contribution in [0, 0.1) is 0 Å². The number of aromatic hydroxyl groups is 1. The molecule has 0 atom stereocenters. The van der Waals surface area contributed by atoms with Crippen molar-refractivity contribution in [2.75, 3.05) is 0 Å². The number of carbonyl (C=O) groups excluding carboxylic acids is 2. The number of ether oxygens (including phenoxy) is 1. The van der Waals surface area contributed by atoms with Crippen molar-refractivity contribution in [2.24, 2.45) is 0 Å². The molecular weight excluding hydrogens is 384 g/mol. The van der Waals surface area contributed by atoms with Crippen LogP contribution in [0.15, 0.2) is 83.8 Å². The molecule has 0 amide bonds. The van der Waals surface area contributed by atoms with Crippen molar-refractivity contribution in [1.82, 2.24) is 0 Å². The van der Waals surface area contributed by atoms with Crippen LogP contribution in [0.3, 0.4) is 0 Å². The van der Waals surface area contributed by atoms with Gasteiger partial charge in [-0.15, -0.1) is 0 Å². The topological polar surface area (TPSA) is 107 Å². The van der Waals surface area contributed by atoms with Crippen molar-refractivity contribution in [3.05, 3.63) is 90.0 Å². The first kappa shape index (κ1) is 19.1. The highest BCUT2D eigenvalue weighted by Gasteiger charge is 2.26. The molecule has 0 saturated carbocycles. The zero-order valence-electron chi connectivity index (χ0n) is 14.3. The number of carbonyl (C=O) groups is 2. The summed E-state index contributed by atoms with van der Waals surface area (Å²) in [5, 5.41) is 9.89. The summed E-state index contributed by atoms with van der Waals surface area (Å²) in [7, 11) is -4.65. The molecule has 0 aromatic heterocycles. The van der Waals surface area contributed by atoms with E-state index in [2.05, 4.69) is 4.18 Å². The molecule has 0 unspecified atom stereocenters. The van der Waals surface area contributed by atoms with Crippen molar-refractivity contribution in [1.29, 1.82) is 0 Å². The van der Waals surface area contributed by atoms with Crippen molar-refractivity contribution < 1.29 is 32.0 Å². The van der Waals surface area contributed by atoms with E-state index in [1.165, 1.54) is 30.3 Å². The Morgan fingerprint density at radius 3 is 1.86 bits per heavy atom. The van der Waals surface area contributed by atoms with E-state index in [4.69, 9.17) is 4.74 Å². The van der Waals surface area contributed by atoms with Crippen LogP contribution >= 0.6 is 0 Å². The molecule has 0 heterocycles. The highest BCUT2D eigenvalue weighted by atomic mass is 32.2. The van der Waals surface area contributed by atoms with Gasteiger partial charge in [0, 0.05) is 6.07 Å². The molecule has 0 aliphatic heterocycles. The van der Waals surface area contributed by atoms with Crippen molar-refractivity contribution >= 4 is 22.1 Å². The highest BCUT2D eigenvalue weighted by molar-refractivity contribution is 7.87. The Hall–Kier alpha value is -3.65. The van der Waals surface area contributed by atoms with Crippen LogP contribution in [-0.4, -0.2) is 25.5 Å². The number of esters is 1. The number of hydrogen-bond acceptors (Lipinski definition) is 7. The molecule has 0 aliphatic carbocycles. The maximum Gasteiger partial charge on any atom is 0.354 e. The molecule has 0 radical (unpaired) electrons. The molecule has 7 nitrogen and oxygen atoms in total. The summed E-state index contributed by atoms with van der Waals surface area (Å²) in [6, 6.07) is 18.7. The lowest BCUT2D eigenvalue weighted by Crippen LogP contribution is -2.14. The molecule has 0 aliphatic rings. The summed E-state index contributed by atoms with van der Waals surface area (Å²) >= 11 is 0. The van der Waals surface area contributed by atoms with E-state index in [0.29, 0.717) is 0 Å². The molecule has 3 rings (SSSR count). The van der Waals surface area contributed by atoms with Crippen LogP contribution in [0.25, 0.3) is 0 Å². The maximum absolute atomic E-state index is 12.4. The maximum atomic E-state index is 12.4. The predicted octanol–water partition coefficient (Wildman–Crippen LogP) is 3.16. The monoisotopic (exact) mass is 398 g/mol. The van der Waals surface area contributed by atoms with Crippen LogP contribution in [0.2, 0.25) is 0 Å². The van der Waals surface area contributed by atoms with Crippen LogP contribution in [-0.2, 0) is 14.3 Å². The van der Waals surface area contributed by atoms with Crippen molar-refractivity contribution in [2.45, 2.75) is 4.90 Å². The fourth-order valence-corrected chi connectivity index (χ4v) is 3.24. The first-order valence-corrected chi connectivity index (χ1v) is 9.42. The second-order valence-electron chi connectivity index (χ2n) is 5.58. The first-order chi connectivity index (χ1) is 13.4. The van der Waals surface area contributed by atoms with E-state index in [1.807, 2.05) is 0 Å². The van der Waals surface area contributed by atoms with Crippen molar-refractivity contribution in [3.8, 4) is 11.5 Å². The van der Waals surface area contributed by atoms with Gasteiger partial charge in [-0.2, -0.15) is 8.42 Å². The van der Waals surface area contributed by atoms with Crippen molar-refractivity contribution in [3.63, 3.8) is 0 Å². The summed E-state index contributed by atoms with van der Waals surface area (Å²) in [6.07, 6.45) is 0. The van der Waals surface area contributed by atoms with Gasteiger partial charge in [0.15, 0.2) is 4.90 Å². The average molecular weight is 398 g/mol. The molecule has 1 N–H and O–H groups in total. The zero-order chi connectivity index (χ0) is 20.1. The number of benzene rings is 3. The van der Waals surface area contributed by atoms with Crippen LogP contribution in [0.5, 0.6) is 11.5 Å². The van der Waals surface area contributed by atoms with Crippen LogP contribution in [0.4, 0.5) is 0 Å². The van der Waals surface area contributed by atoms with Gasteiger partial charge in [0.2, 0.25) is 0 Å². The van der Waals surface area contributed by atoms with Crippen LogP contribution < -0.4 is 4.74 Å². The highest BCUT2D eigenvalue weighted by Crippen LogP contribution is 2.29. The van der Waals surface area contributed by atoms with Gasteiger partial charge in [0.25, 0.3) is 0 Å². The van der Waals surface area contributed by atoms with Gasteiger partial charge in [-0.3, -0.25) is 0 Å². The summed E-state index contributed by atoms with van der Waals surface area (Å²) in [6.45, 7) is 0. The quantitative estimate of drug-likeness (QED) is 0.400. The van der Waals surface area contributed by atoms with Crippen LogP contribution in [0.1, 0.15) is 20.7 Å². The molecule has 3 aromatic rings. The Bertz CT molecular complexity index is 1110. The van der Waals surface area contributed by atoms with E-state index in [0.717, 1.165) is 12.1 Å². The van der Waals surface area contributed by atoms with Gasteiger partial charge >= 0.3 is 22.1 Å². The van der Waals surface area contributed by atoms with E-state index in [9.17, 15) is 23.1 Å². The Morgan fingerprint density at radius 1 is 0.750 bits per heavy atom. The van der Waals surface area contributed by atoms with Gasteiger partial charge < -0.3 is 14.0 Å². The second kappa shape index (κ2) is 7.93. The summed E-state index contributed by atoms with van der Waals surface area (Å²) in [4.78, 5) is 23.4. The van der Waals surface area contributed by atoms with E-state index in [1.54, 1.807) is 36.4 Å². The number of hydrogen-bond donors (Lipinski definition) is 1. The third-order valence-corrected chi connectivity index (χ3v) is 4.85. The van der Waals surface area contributed by atoms with Gasteiger partial charge in [-0.05, 0) is 36.4 Å². The molecule has 3 aromatic carbocycles. The normalized spacial score (nSPS) is 10.9. The Morgan fingerprint density at radius 2 is 1.29 bits per heavy atom. The molecule has 0 bridgehead atoms. The Labute approximate surface area is 160 Å². The standard InChI is InChI=1S/C20H14O7S/c21-17-12-11-16(26-19(22)14-7-3-1-4-8-14)13-18(17)28(24,25)27-20(23)15-9-5-2-6-10-15/h1-13,21H. The SMILES string of the molecule is O=C(Oc1ccc(O)c(S(=O)(=O)OC(=O)c2ccccc2)c1)c1ccccc1. The van der Waals surface area contributed by atoms with Gasteiger partial charge in [0.05, 0.1) is 11.1 Å².